The zero-order valence-corrected chi connectivity index (χ0v) is 27.1. The van der Waals surface area contributed by atoms with Crippen molar-refractivity contribution >= 4 is 17.7 Å². The highest BCUT2D eigenvalue weighted by molar-refractivity contribution is 5.86. The van der Waals surface area contributed by atoms with Gasteiger partial charge < -0.3 is 19.3 Å². The first-order chi connectivity index (χ1) is 19.9. The van der Waals surface area contributed by atoms with Crippen molar-refractivity contribution in [3.05, 3.63) is 11.9 Å². The standard InChI is InChI=1S/C32H57N3O7/c1-7-9-11-13-15-17-29(37)40-25-27(42-30(38)18-16-14-12-10-8-2)24-35-23-26(33-34-35)19-20-28(36)32(5,6)41-22-21-31(3,4)39/h23,27,39H,7-22,24-25H2,1-6H3. The van der Waals surface area contributed by atoms with E-state index in [9.17, 15) is 19.5 Å². The zero-order chi connectivity index (χ0) is 31.4. The van der Waals surface area contributed by atoms with Crippen molar-refractivity contribution in [1.29, 1.82) is 0 Å². The molecule has 0 spiro atoms. The van der Waals surface area contributed by atoms with E-state index in [2.05, 4.69) is 24.2 Å². The predicted molar refractivity (Wildman–Crippen MR) is 162 cm³/mol. The normalized spacial score (nSPS) is 12.7. The van der Waals surface area contributed by atoms with Gasteiger partial charge in [-0.25, -0.2) is 4.68 Å². The molecule has 242 valence electrons. The van der Waals surface area contributed by atoms with Gasteiger partial charge in [-0.15, -0.1) is 5.10 Å². The lowest BCUT2D eigenvalue weighted by molar-refractivity contribution is -0.160. The fourth-order valence-electron chi connectivity index (χ4n) is 4.30. The predicted octanol–water partition coefficient (Wildman–Crippen LogP) is 5.91. The molecule has 0 bridgehead atoms. The molecular weight excluding hydrogens is 538 g/mol. The minimum absolute atomic E-state index is 0.0424. The van der Waals surface area contributed by atoms with Crippen molar-refractivity contribution in [3.8, 4) is 0 Å². The average molecular weight is 596 g/mol. The summed E-state index contributed by atoms with van der Waals surface area (Å²) in [5, 5.41) is 18.2. The summed E-state index contributed by atoms with van der Waals surface area (Å²) in [6.45, 7) is 11.6. The number of nitrogens with zero attached hydrogens (tertiary/aromatic N) is 3. The molecule has 0 saturated carbocycles. The number of ketones is 1. The molecule has 0 aliphatic heterocycles. The van der Waals surface area contributed by atoms with E-state index < -0.39 is 17.3 Å². The molecule has 1 aromatic rings. The number of unbranched alkanes of at least 4 members (excludes halogenated alkanes) is 8. The van der Waals surface area contributed by atoms with Crippen molar-refractivity contribution in [1.82, 2.24) is 15.0 Å². The second-order valence-corrected chi connectivity index (χ2v) is 12.4. The minimum Gasteiger partial charge on any atom is -0.462 e. The van der Waals surface area contributed by atoms with Gasteiger partial charge >= 0.3 is 11.9 Å². The molecule has 0 saturated heterocycles. The molecule has 1 atom stereocenters. The van der Waals surface area contributed by atoms with Crippen LogP contribution >= 0.6 is 0 Å². The Morgan fingerprint density at radius 1 is 0.881 bits per heavy atom. The van der Waals surface area contributed by atoms with Gasteiger partial charge in [-0.3, -0.25) is 14.4 Å². The molecule has 0 aliphatic carbocycles. The lowest BCUT2D eigenvalue weighted by Gasteiger charge is -2.26. The Balaban J connectivity index is 2.65. The number of hydrogen-bond acceptors (Lipinski definition) is 9. The summed E-state index contributed by atoms with van der Waals surface area (Å²) >= 11 is 0. The number of aryl methyl sites for hydroxylation is 1. The van der Waals surface area contributed by atoms with Gasteiger partial charge in [0.15, 0.2) is 11.9 Å². The summed E-state index contributed by atoms with van der Waals surface area (Å²) < 4.78 is 18.5. The highest BCUT2D eigenvalue weighted by Crippen LogP contribution is 2.18. The SMILES string of the molecule is CCCCCCCC(=O)OCC(Cn1cc(CCC(=O)C(C)(C)OCCC(C)(C)O)nn1)OC(=O)CCCCCCC. The van der Waals surface area contributed by atoms with Crippen LogP contribution in [0.3, 0.4) is 0 Å². The van der Waals surface area contributed by atoms with Gasteiger partial charge in [0.05, 0.1) is 24.4 Å². The average Bonchev–Trinajstić information content (AvgIpc) is 3.36. The minimum atomic E-state index is -0.975. The molecule has 0 aliphatic rings. The van der Waals surface area contributed by atoms with Gasteiger partial charge in [0.1, 0.15) is 12.2 Å². The molecule has 1 heterocycles. The molecule has 10 nitrogen and oxygen atoms in total. The van der Waals surface area contributed by atoms with Crippen LogP contribution in [0.25, 0.3) is 0 Å². The highest BCUT2D eigenvalue weighted by Gasteiger charge is 2.29. The van der Waals surface area contributed by atoms with E-state index >= 15 is 0 Å². The molecule has 1 rings (SSSR count). The Labute approximate surface area is 253 Å². The van der Waals surface area contributed by atoms with Gasteiger partial charge in [0, 0.05) is 31.9 Å². The molecule has 0 aromatic carbocycles. The van der Waals surface area contributed by atoms with E-state index in [1.807, 2.05) is 0 Å². The first kappa shape index (κ1) is 37.7. The van der Waals surface area contributed by atoms with Crippen LogP contribution in [-0.2, 0) is 41.6 Å². The number of carbonyl (C=O) groups is 3. The number of ether oxygens (including phenoxy) is 3. The third kappa shape index (κ3) is 18.3. The zero-order valence-electron chi connectivity index (χ0n) is 27.1. The molecule has 1 unspecified atom stereocenters. The highest BCUT2D eigenvalue weighted by atomic mass is 16.6. The van der Waals surface area contributed by atoms with Gasteiger partial charge in [-0.05, 0) is 47.0 Å². The fraction of sp³-hybridized carbons (Fsp3) is 0.844. The molecule has 10 heteroatoms. The summed E-state index contributed by atoms with van der Waals surface area (Å²) in [5.41, 5.74) is -1.21. The van der Waals surface area contributed by atoms with Crippen molar-refractivity contribution in [2.45, 2.75) is 162 Å². The number of carbonyl (C=O) groups excluding carboxylic acids is 3. The van der Waals surface area contributed by atoms with Gasteiger partial charge in [0.2, 0.25) is 0 Å². The van der Waals surface area contributed by atoms with Crippen molar-refractivity contribution in [2.24, 2.45) is 0 Å². The van der Waals surface area contributed by atoms with Crippen molar-refractivity contribution in [2.75, 3.05) is 13.2 Å². The lowest BCUT2D eigenvalue weighted by Crippen LogP contribution is -2.37. The molecule has 0 radical (unpaired) electrons. The molecular formula is C32H57N3O7. The second-order valence-electron chi connectivity index (χ2n) is 12.4. The number of aliphatic hydroxyl groups is 1. The van der Waals surface area contributed by atoms with Crippen LogP contribution in [0.2, 0.25) is 0 Å². The summed E-state index contributed by atoms with van der Waals surface area (Å²) in [4.78, 5) is 37.6. The monoisotopic (exact) mass is 595 g/mol. The number of aromatic nitrogens is 3. The van der Waals surface area contributed by atoms with Crippen LogP contribution in [0.4, 0.5) is 0 Å². The van der Waals surface area contributed by atoms with Crippen LogP contribution in [-0.4, -0.2) is 68.3 Å². The van der Waals surface area contributed by atoms with E-state index in [1.54, 1.807) is 38.6 Å². The number of Topliss-reactive ketones (excluding diaryl/α,β-unsaturated/α-hetero) is 1. The topological polar surface area (TPSA) is 130 Å². The summed E-state index contributed by atoms with van der Waals surface area (Å²) in [7, 11) is 0. The van der Waals surface area contributed by atoms with Crippen molar-refractivity contribution in [3.63, 3.8) is 0 Å². The Hall–Kier alpha value is -2.33. The third-order valence-electron chi connectivity index (χ3n) is 7.13. The van der Waals surface area contributed by atoms with E-state index in [0.29, 0.717) is 31.4 Å². The maximum Gasteiger partial charge on any atom is 0.306 e. The Kier molecular flexibility index (Phi) is 18.4. The molecule has 1 aromatic heterocycles. The van der Waals surface area contributed by atoms with Gasteiger partial charge in [-0.2, -0.15) is 0 Å². The molecule has 42 heavy (non-hydrogen) atoms. The molecule has 0 fully saturated rings. The summed E-state index contributed by atoms with van der Waals surface area (Å²) in [5.74, 6) is -0.678. The van der Waals surface area contributed by atoms with Crippen molar-refractivity contribution < 1.29 is 33.7 Å². The van der Waals surface area contributed by atoms with E-state index in [4.69, 9.17) is 14.2 Å². The van der Waals surface area contributed by atoms with E-state index in [1.165, 1.54) is 0 Å². The first-order valence-corrected chi connectivity index (χ1v) is 16.0. The summed E-state index contributed by atoms with van der Waals surface area (Å²) in [6.07, 6.45) is 13.1. The molecule has 0 amide bonds. The van der Waals surface area contributed by atoms with Crippen LogP contribution in [0.15, 0.2) is 6.20 Å². The Morgan fingerprint density at radius 2 is 1.48 bits per heavy atom. The first-order valence-electron chi connectivity index (χ1n) is 16.0. The Morgan fingerprint density at radius 3 is 2.07 bits per heavy atom. The van der Waals surface area contributed by atoms with E-state index in [-0.39, 0.29) is 43.9 Å². The quantitative estimate of drug-likeness (QED) is 0.108. The fourth-order valence-corrected chi connectivity index (χ4v) is 4.30. The van der Waals surface area contributed by atoms with Crippen LogP contribution in [0.5, 0.6) is 0 Å². The number of rotatable bonds is 25. The van der Waals surface area contributed by atoms with Crippen LogP contribution in [0.1, 0.15) is 137 Å². The van der Waals surface area contributed by atoms with Crippen LogP contribution < -0.4 is 0 Å². The number of hydrogen-bond donors (Lipinski definition) is 1. The maximum absolute atomic E-state index is 12.8. The second kappa shape index (κ2) is 20.6. The number of esters is 2. The lowest BCUT2D eigenvalue weighted by atomic mass is 9.98. The Bertz CT molecular complexity index is 908. The van der Waals surface area contributed by atoms with Crippen LogP contribution in [0, 0.1) is 0 Å². The van der Waals surface area contributed by atoms with Gasteiger partial charge in [0.25, 0.3) is 0 Å². The van der Waals surface area contributed by atoms with Gasteiger partial charge in [-0.1, -0.05) is 70.4 Å². The molecule has 1 N–H and O–H groups in total. The third-order valence-corrected chi connectivity index (χ3v) is 7.13. The smallest absolute Gasteiger partial charge is 0.306 e. The maximum atomic E-state index is 12.8. The summed E-state index contributed by atoms with van der Waals surface area (Å²) in [6, 6.07) is 0. The largest absolute Gasteiger partial charge is 0.462 e. The van der Waals surface area contributed by atoms with E-state index in [0.717, 1.165) is 64.2 Å².